The highest BCUT2D eigenvalue weighted by Crippen LogP contribution is 2.32. The van der Waals surface area contributed by atoms with Crippen molar-refractivity contribution in [3.63, 3.8) is 0 Å². The number of hydrogen-bond acceptors (Lipinski definition) is 5. The smallest absolute Gasteiger partial charge is 0.209 e. The molecule has 2 rings (SSSR count). The maximum Gasteiger partial charge on any atom is 0.209 e. The molecular formula is C16H27IN4O4S. The summed E-state index contributed by atoms with van der Waals surface area (Å²) in [6.07, 6.45) is 1.99. The number of benzene rings is 1. The number of aliphatic imine (C=N–C) groups is 1. The summed E-state index contributed by atoms with van der Waals surface area (Å²) < 4.78 is 36.7. The molecule has 1 aromatic rings. The second-order valence-electron chi connectivity index (χ2n) is 6.52. The van der Waals surface area contributed by atoms with Gasteiger partial charge in [-0.15, -0.1) is 24.0 Å². The third-order valence-corrected chi connectivity index (χ3v) is 4.32. The number of nitrogens with one attached hydrogen (secondary N) is 3. The Labute approximate surface area is 172 Å². The van der Waals surface area contributed by atoms with E-state index in [1.165, 1.54) is 0 Å². The fourth-order valence-corrected chi connectivity index (χ4v) is 3.48. The second-order valence-corrected chi connectivity index (χ2v) is 8.27. The summed E-state index contributed by atoms with van der Waals surface area (Å²) >= 11 is 0. The molecule has 0 radical (unpaired) electrons. The van der Waals surface area contributed by atoms with E-state index in [9.17, 15) is 8.42 Å². The van der Waals surface area contributed by atoms with Crippen LogP contribution in [0.25, 0.3) is 0 Å². The van der Waals surface area contributed by atoms with Crippen LogP contribution in [-0.4, -0.2) is 53.0 Å². The summed E-state index contributed by atoms with van der Waals surface area (Å²) in [5.41, 5.74) is 0.141. The summed E-state index contributed by atoms with van der Waals surface area (Å²) in [5.74, 6) is 1.94. The van der Waals surface area contributed by atoms with Gasteiger partial charge in [0.25, 0.3) is 0 Å². The van der Waals surface area contributed by atoms with E-state index in [1.54, 1.807) is 20.9 Å². The van der Waals surface area contributed by atoms with E-state index in [1.807, 2.05) is 18.2 Å². The van der Waals surface area contributed by atoms with Gasteiger partial charge < -0.3 is 20.1 Å². The molecule has 3 N–H and O–H groups in total. The van der Waals surface area contributed by atoms with Crippen LogP contribution in [0.3, 0.4) is 0 Å². The lowest BCUT2D eigenvalue weighted by atomic mass is 10.1. The second kappa shape index (κ2) is 9.60. The Morgan fingerprint density at radius 3 is 2.50 bits per heavy atom. The standard InChI is InChI=1S/C16H26N4O4S.HI/c1-16(2,20-25(4,21)22)11-18-15(17-3)19-12-6-7-13-14(10-12)24-9-5-8-23-13;/h6-7,10,20H,5,8-9,11H2,1-4H3,(H2,17,18,19);1H. The lowest BCUT2D eigenvalue weighted by Crippen LogP contribution is -2.51. The van der Waals surface area contributed by atoms with E-state index < -0.39 is 15.6 Å². The third-order valence-electron chi connectivity index (χ3n) is 3.39. The van der Waals surface area contributed by atoms with Crippen molar-refractivity contribution in [2.75, 3.05) is 38.4 Å². The van der Waals surface area contributed by atoms with Gasteiger partial charge in [0.1, 0.15) is 0 Å². The third kappa shape index (κ3) is 7.54. The maximum absolute atomic E-state index is 11.4. The molecule has 0 aliphatic carbocycles. The summed E-state index contributed by atoms with van der Waals surface area (Å²) in [4.78, 5) is 4.16. The van der Waals surface area contributed by atoms with E-state index in [-0.39, 0.29) is 24.0 Å². The quantitative estimate of drug-likeness (QED) is 0.325. The van der Waals surface area contributed by atoms with Crippen LogP contribution in [0, 0.1) is 0 Å². The Bertz CT molecular complexity index is 738. The Morgan fingerprint density at radius 2 is 1.88 bits per heavy atom. The summed E-state index contributed by atoms with van der Waals surface area (Å²) in [7, 11) is -1.64. The summed E-state index contributed by atoms with van der Waals surface area (Å²) in [6, 6.07) is 5.58. The molecule has 0 saturated heterocycles. The predicted molar refractivity (Wildman–Crippen MR) is 115 cm³/mol. The average Bonchev–Trinajstić information content (AvgIpc) is 2.73. The van der Waals surface area contributed by atoms with E-state index in [4.69, 9.17) is 9.47 Å². The number of fused-ring (bicyclic) bond motifs is 1. The Morgan fingerprint density at radius 1 is 1.23 bits per heavy atom. The zero-order chi connectivity index (χ0) is 18.5. The van der Waals surface area contributed by atoms with Crippen molar-refractivity contribution in [3.05, 3.63) is 18.2 Å². The minimum atomic E-state index is -3.29. The number of nitrogens with zero attached hydrogens (tertiary/aromatic N) is 1. The summed E-state index contributed by atoms with van der Waals surface area (Å²) in [6.45, 7) is 5.22. The zero-order valence-corrected chi connectivity index (χ0v) is 18.6. The van der Waals surface area contributed by atoms with Gasteiger partial charge in [-0.3, -0.25) is 4.99 Å². The van der Waals surface area contributed by atoms with Crippen LogP contribution in [-0.2, 0) is 10.0 Å². The van der Waals surface area contributed by atoms with Gasteiger partial charge in [0.15, 0.2) is 17.5 Å². The molecule has 0 saturated carbocycles. The average molecular weight is 498 g/mol. The van der Waals surface area contributed by atoms with E-state index >= 15 is 0 Å². The van der Waals surface area contributed by atoms with Crippen LogP contribution in [0.1, 0.15) is 20.3 Å². The molecule has 1 aliphatic rings. The molecule has 0 fully saturated rings. The minimum absolute atomic E-state index is 0. The number of guanidine groups is 1. The van der Waals surface area contributed by atoms with Gasteiger partial charge in [-0.2, -0.15) is 0 Å². The molecule has 0 spiro atoms. The largest absolute Gasteiger partial charge is 0.490 e. The highest BCUT2D eigenvalue weighted by Gasteiger charge is 2.22. The van der Waals surface area contributed by atoms with Gasteiger partial charge in [-0.05, 0) is 26.0 Å². The highest BCUT2D eigenvalue weighted by atomic mass is 127. The van der Waals surface area contributed by atoms with Crippen LogP contribution < -0.4 is 24.8 Å². The van der Waals surface area contributed by atoms with Gasteiger partial charge in [0.05, 0.1) is 19.5 Å². The molecule has 8 nitrogen and oxygen atoms in total. The first-order valence-corrected chi connectivity index (χ1v) is 9.94. The van der Waals surface area contributed by atoms with E-state index in [2.05, 4.69) is 20.3 Å². The Kier molecular flexibility index (Phi) is 8.41. The number of hydrogen-bond donors (Lipinski definition) is 3. The predicted octanol–water partition coefficient (Wildman–Crippen LogP) is 1.78. The molecule has 0 aromatic heterocycles. The van der Waals surface area contributed by atoms with Crippen LogP contribution in [0.2, 0.25) is 0 Å². The van der Waals surface area contributed by atoms with Crippen molar-refractivity contribution < 1.29 is 17.9 Å². The Hall–Kier alpha value is -1.27. The molecule has 1 heterocycles. The SMILES string of the molecule is CN=C(NCC(C)(C)NS(C)(=O)=O)Nc1ccc2c(c1)OCCCO2.I. The van der Waals surface area contributed by atoms with Gasteiger partial charge in [-0.25, -0.2) is 13.1 Å². The van der Waals surface area contributed by atoms with Crippen molar-refractivity contribution in [1.82, 2.24) is 10.0 Å². The van der Waals surface area contributed by atoms with Gasteiger partial charge in [-0.1, -0.05) is 0 Å². The monoisotopic (exact) mass is 498 g/mol. The van der Waals surface area contributed by atoms with Crippen molar-refractivity contribution in [1.29, 1.82) is 0 Å². The van der Waals surface area contributed by atoms with Crippen molar-refractivity contribution in [2.24, 2.45) is 4.99 Å². The minimum Gasteiger partial charge on any atom is -0.490 e. The Balaban J connectivity index is 0.00000338. The van der Waals surface area contributed by atoms with Gasteiger partial charge in [0, 0.05) is 37.3 Å². The number of rotatable bonds is 5. The fourth-order valence-electron chi connectivity index (χ4n) is 2.40. The molecule has 0 atom stereocenters. The molecule has 10 heteroatoms. The molecule has 0 unspecified atom stereocenters. The van der Waals surface area contributed by atoms with E-state index in [0.29, 0.717) is 31.5 Å². The molecule has 26 heavy (non-hydrogen) atoms. The number of halogens is 1. The molecule has 0 amide bonds. The lowest BCUT2D eigenvalue weighted by Gasteiger charge is -2.26. The topological polar surface area (TPSA) is 101 Å². The van der Waals surface area contributed by atoms with Crippen LogP contribution >= 0.6 is 24.0 Å². The first kappa shape index (κ1) is 22.8. The van der Waals surface area contributed by atoms with E-state index in [0.717, 1.165) is 24.1 Å². The summed E-state index contributed by atoms with van der Waals surface area (Å²) in [5, 5.41) is 6.27. The van der Waals surface area contributed by atoms with Gasteiger partial charge in [0.2, 0.25) is 10.0 Å². The van der Waals surface area contributed by atoms with Crippen molar-refractivity contribution in [2.45, 2.75) is 25.8 Å². The van der Waals surface area contributed by atoms with Crippen LogP contribution in [0.5, 0.6) is 11.5 Å². The lowest BCUT2D eigenvalue weighted by molar-refractivity contribution is 0.297. The maximum atomic E-state index is 11.4. The fraction of sp³-hybridized carbons (Fsp3) is 0.562. The van der Waals surface area contributed by atoms with Crippen LogP contribution in [0.4, 0.5) is 5.69 Å². The van der Waals surface area contributed by atoms with Crippen molar-refractivity contribution in [3.8, 4) is 11.5 Å². The molecule has 0 bridgehead atoms. The zero-order valence-electron chi connectivity index (χ0n) is 15.5. The number of sulfonamides is 1. The first-order valence-electron chi connectivity index (χ1n) is 8.05. The molecule has 1 aromatic carbocycles. The highest BCUT2D eigenvalue weighted by molar-refractivity contribution is 14.0. The number of ether oxygens (including phenoxy) is 2. The molecule has 148 valence electrons. The van der Waals surface area contributed by atoms with Crippen LogP contribution in [0.15, 0.2) is 23.2 Å². The normalized spacial score (nSPS) is 14.8. The molecule has 1 aliphatic heterocycles. The number of anilines is 1. The molecular weight excluding hydrogens is 471 g/mol. The van der Waals surface area contributed by atoms with Crippen molar-refractivity contribution >= 4 is 45.6 Å². The van der Waals surface area contributed by atoms with Gasteiger partial charge >= 0.3 is 0 Å². The first-order chi connectivity index (χ1) is 11.7.